The number of hydrogen-bond donors (Lipinski definition) is 1. The summed E-state index contributed by atoms with van der Waals surface area (Å²) in [6, 6.07) is 11.1. The number of benzene rings is 2. The van der Waals surface area contributed by atoms with Crippen LogP contribution in [0.3, 0.4) is 0 Å². The Hall–Kier alpha value is -1.68. The van der Waals surface area contributed by atoms with Crippen LogP contribution in [0, 0.1) is 0 Å². The minimum absolute atomic E-state index is 0.346. The first-order valence-corrected chi connectivity index (χ1v) is 8.79. The maximum Gasteiger partial charge on any atom is 0.338 e. The van der Waals surface area contributed by atoms with Crippen LogP contribution >= 0.6 is 0 Å². The van der Waals surface area contributed by atoms with Crippen LogP contribution in [-0.2, 0) is 14.7 Å². The van der Waals surface area contributed by atoms with Gasteiger partial charge in [-0.15, -0.1) is 0 Å². The second kappa shape index (κ2) is 5.13. The number of carbonyl (C=O) groups excluding carboxylic acids is 1. The summed E-state index contributed by atoms with van der Waals surface area (Å²) in [7, 11) is -2.38. The zero-order valence-electron chi connectivity index (χ0n) is 11.3. The van der Waals surface area contributed by atoms with E-state index in [1.165, 1.54) is 0 Å². The Kier molecular flexibility index (Phi) is 3.71. The number of fused-ring (bicyclic) bond motifs is 1. The predicted octanol–water partition coefficient (Wildman–Crippen LogP) is 2.65. The molecule has 0 unspecified atom stereocenters. The van der Waals surface area contributed by atoms with Gasteiger partial charge in [-0.2, -0.15) is 0 Å². The van der Waals surface area contributed by atoms with E-state index in [4.69, 9.17) is 4.74 Å². The number of esters is 1. The minimum Gasteiger partial charge on any atom is -0.462 e. The molecule has 0 aromatic heterocycles. The van der Waals surface area contributed by atoms with Gasteiger partial charge >= 0.3 is 5.97 Å². The summed E-state index contributed by atoms with van der Waals surface area (Å²) in [5, 5.41) is 1.84. The number of rotatable bonds is 3. The van der Waals surface area contributed by atoms with E-state index in [0.717, 1.165) is 15.7 Å². The molecule has 102 valence electrons. The summed E-state index contributed by atoms with van der Waals surface area (Å²) in [5.41, 5.74) is 0.496. The molecule has 0 N–H and O–H groups in total. The van der Waals surface area contributed by atoms with E-state index in [2.05, 4.69) is 0 Å². The van der Waals surface area contributed by atoms with Crippen LogP contribution in [0.4, 0.5) is 0 Å². The molecule has 0 fully saturated rings. The average molecular weight is 278 g/mol. The molecule has 4 heteroatoms. The van der Waals surface area contributed by atoms with Crippen LogP contribution < -0.4 is 0 Å². The van der Waals surface area contributed by atoms with E-state index in [1.807, 2.05) is 24.3 Å². The Morgan fingerprint density at radius 1 is 1.21 bits per heavy atom. The fourth-order valence-electron chi connectivity index (χ4n) is 2.07. The van der Waals surface area contributed by atoms with Gasteiger partial charge in [0.05, 0.1) is 12.2 Å². The van der Waals surface area contributed by atoms with Crippen molar-refractivity contribution in [3.63, 3.8) is 0 Å². The van der Waals surface area contributed by atoms with Gasteiger partial charge in [-0.3, -0.25) is 4.21 Å². The number of ether oxygens (including phenoxy) is 1. The van der Waals surface area contributed by atoms with Crippen molar-refractivity contribution in [2.45, 2.75) is 11.8 Å². The lowest BCUT2D eigenvalue weighted by molar-refractivity contribution is 0.0526. The molecular weight excluding hydrogens is 260 g/mol. The first-order valence-electron chi connectivity index (χ1n) is 6.19. The third kappa shape index (κ3) is 2.84. The van der Waals surface area contributed by atoms with Gasteiger partial charge in [-0.05, 0) is 48.4 Å². The summed E-state index contributed by atoms with van der Waals surface area (Å²) in [5.74, 6) is -0.346. The second-order valence-electron chi connectivity index (χ2n) is 4.78. The predicted molar refractivity (Wildman–Crippen MR) is 79.6 cm³/mol. The topological polar surface area (TPSA) is 43.4 Å². The SMILES string of the molecule is CCOC(=O)c1ccc2cccc([SH](C)(C)=O)c2c1. The molecule has 0 amide bonds. The second-order valence-corrected chi connectivity index (χ2v) is 7.97. The fraction of sp³-hybridized carbons (Fsp3) is 0.267. The van der Waals surface area contributed by atoms with Gasteiger partial charge in [0.2, 0.25) is 0 Å². The van der Waals surface area contributed by atoms with Crippen LogP contribution in [-0.4, -0.2) is 29.3 Å². The maximum atomic E-state index is 12.3. The molecule has 2 aromatic carbocycles. The fourth-order valence-corrected chi connectivity index (χ4v) is 3.29. The molecule has 0 saturated heterocycles. The maximum absolute atomic E-state index is 12.3. The third-order valence-corrected chi connectivity index (χ3v) is 4.50. The third-order valence-electron chi connectivity index (χ3n) is 2.95. The average Bonchev–Trinajstić information content (AvgIpc) is 2.36. The molecule has 3 nitrogen and oxygen atoms in total. The first-order chi connectivity index (χ1) is 8.93. The number of thiol groups is 1. The van der Waals surface area contributed by atoms with Crippen LogP contribution in [0.5, 0.6) is 0 Å². The van der Waals surface area contributed by atoms with Crippen LogP contribution in [0.25, 0.3) is 10.8 Å². The Morgan fingerprint density at radius 2 is 1.95 bits per heavy atom. The van der Waals surface area contributed by atoms with E-state index >= 15 is 0 Å². The van der Waals surface area contributed by atoms with Crippen molar-refractivity contribution in [3.8, 4) is 0 Å². The molecule has 0 saturated carbocycles. The Balaban J connectivity index is 2.64. The Morgan fingerprint density at radius 3 is 2.58 bits per heavy atom. The lowest BCUT2D eigenvalue weighted by atomic mass is 10.1. The van der Waals surface area contributed by atoms with Gasteiger partial charge in [0, 0.05) is 4.90 Å². The normalized spacial score (nSPS) is 12.4. The lowest BCUT2D eigenvalue weighted by Gasteiger charge is -2.15. The van der Waals surface area contributed by atoms with Crippen molar-refractivity contribution in [1.82, 2.24) is 0 Å². The molecular formula is C15H18O3S. The van der Waals surface area contributed by atoms with Crippen molar-refractivity contribution in [2.75, 3.05) is 19.1 Å². The van der Waals surface area contributed by atoms with Crippen molar-refractivity contribution in [1.29, 1.82) is 0 Å². The molecule has 0 bridgehead atoms. The molecule has 19 heavy (non-hydrogen) atoms. The van der Waals surface area contributed by atoms with E-state index in [-0.39, 0.29) is 5.97 Å². The molecule has 0 aliphatic heterocycles. The Bertz CT molecular complexity index is 670. The van der Waals surface area contributed by atoms with E-state index in [1.54, 1.807) is 31.6 Å². The van der Waals surface area contributed by atoms with E-state index in [0.29, 0.717) is 12.2 Å². The lowest BCUT2D eigenvalue weighted by Crippen LogP contribution is -2.08. The highest BCUT2D eigenvalue weighted by molar-refractivity contribution is 8.02. The molecule has 0 aliphatic rings. The van der Waals surface area contributed by atoms with Crippen molar-refractivity contribution < 1.29 is 13.7 Å². The van der Waals surface area contributed by atoms with Crippen molar-refractivity contribution >= 4 is 26.7 Å². The summed E-state index contributed by atoms with van der Waals surface area (Å²) in [6.07, 6.45) is 3.47. The van der Waals surface area contributed by atoms with Gasteiger partial charge in [0.15, 0.2) is 0 Å². The van der Waals surface area contributed by atoms with Gasteiger partial charge in [0.1, 0.15) is 0 Å². The molecule has 0 aliphatic carbocycles. The summed E-state index contributed by atoms with van der Waals surface area (Å²) in [4.78, 5) is 12.6. The highest BCUT2D eigenvalue weighted by Gasteiger charge is 2.13. The summed E-state index contributed by atoms with van der Waals surface area (Å²) < 4.78 is 17.3. The largest absolute Gasteiger partial charge is 0.462 e. The standard InChI is InChI=1S/C15H18O3S/c1-4-18-15(16)12-9-8-11-6-5-7-14(13(11)10-12)19(2,3)17/h5-10,19H,4H2,1-3H3. The Labute approximate surface area is 114 Å². The zero-order chi connectivity index (χ0) is 14.0. The van der Waals surface area contributed by atoms with E-state index < -0.39 is 9.93 Å². The molecule has 0 heterocycles. The highest BCUT2D eigenvalue weighted by Crippen LogP contribution is 2.26. The molecule has 0 atom stereocenters. The highest BCUT2D eigenvalue weighted by atomic mass is 32.2. The van der Waals surface area contributed by atoms with E-state index in [9.17, 15) is 9.00 Å². The molecule has 0 radical (unpaired) electrons. The number of carbonyl (C=O) groups is 1. The van der Waals surface area contributed by atoms with Crippen LogP contribution in [0.2, 0.25) is 0 Å². The quantitative estimate of drug-likeness (QED) is 0.693. The van der Waals surface area contributed by atoms with Crippen LogP contribution in [0.1, 0.15) is 17.3 Å². The summed E-state index contributed by atoms with van der Waals surface area (Å²) >= 11 is 0. The van der Waals surface area contributed by atoms with Crippen LogP contribution in [0.15, 0.2) is 41.3 Å². The molecule has 2 rings (SSSR count). The van der Waals surface area contributed by atoms with Gasteiger partial charge in [0.25, 0.3) is 0 Å². The van der Waals surface area contributed by atoms with Gasteiger partial charge in [-0.25, -0.2) is 4.79 Å². The van der Waals surface area contributed by atoms with Gasteiger partial charge < -0.3 is 4.74 Å². The number of hydrogen-bond acceptors (Lipinski definition) is 3. The molecule has 2 aromatic rings. The minimum atomic E-state index is -2.38. The smallest absolute Gasteiger partial charge is 0.338 e. The first kappa shape index (κ1) is 13.7. The summed E-state index contributed by atoms with van der Waals surface area (Å²) in [6.45, 7) is 2.12. The zero-order valence-corrected chi connectivity index (χ0v) is 12.2. The van der Waals surface area contributed by atoms with Crippen molar-refractivity contribution in [2.24, 2.45) is 0 Å². The monoisotopic (exact) mass is 278 g/mol. The van der Waals surface area contributed by atoms with Crippen molar-refractivity contribution in [3.05, 3.63) is 42.0 Å². The van der Waals surface area contributed by atoms with Gasteiger partial charge in [-0.1, -0.05) is 28.1 Å². The molecule has 0 spiro atoms.